The Bertz CT molecular complexity index is 468. The minimum Gasteiger partial charge on any atom is -0.369 e. The van der Waals surface area contributed by atoms with Gasteiger partial charge in [0.2, 0.25) is 5.95 Å². The lowest BCUT2D eigenvalue weighted by Crippen LogP contribution is -2.08. The second-order valence-corrected chi connectivity index (χ2v) is 3.82. The highest BCUT2D eigenvalue weighted by atomic mass is 35.5. The first-order chi connectivity index (χ1) is 8.24. The van der Waals surface area contributed by atoms with E-state index in [1.807, 2.05) is 18.2 Å². The fourth-order valence-corrected chi connectivity index (χ4v) is 1.58. The number of aromatic nitrogens is 3. The minimum atomic E-state index is 0.165. The van der Waals surface area contributed by atoms with E-state index in [2.05, 4.69) is 20.3 Å². The number of pyridine rings is 1. The van der Waals surface area contributed by atoms with Crippen LogP contribution >= 0.6 is 11.6 Å². The van der Waals surface area contributed by atoms with Crippen molar-refractivity contribution in [1.29, 1.82) is 0 Å². The molecule has 0 radical (unpaired) electrons. The lowest BCUT2D eigenvalue weighted by atomic mass is 10.3. The lowest BCUT2D eigenvalue weighted by molar-refractivity contribution is 0.952. The van der Waals surface area contributed by atoms with Crippen LogP contribution in [0.25, 0.3) is 0 Å². The van der Waals surface area contributed by atoms with Crippen molar-refractivity contribution >= 4 is 23.4 Å². The topological polar surface area (TPSA) is 76.7 Å². The molecule has 0 fully saturated rings. The average Bonchev–Trinajstić information content (AvgIpc) is 2.29. The molecule has 17 heavy (non-hydrogen) atoms. The zero-order chi connectivity index (χ0) is 12.1. The summed E-state index contributed by atoms with van der Waals surface area (Å²) >= 11 is 5.76. The van der Waals surface area contributed by atoms with Crippen LogP contribution in [0.4, 0.5) is 11.8 Å². The van der Waals surface area contributed by atoms with E-state index in [-0.39, 0.29) is 5.95 Å². The van der Waals surface area contributed by atoms with E-state index < -0.39 is 0 Å². The molecule has 88 valence electrons. The first-order valence-electron chi connectivity index (χ1n) is 5.18. The largest absolute Gasteiger partial charge is 0.369 e. The summed E-state index contributed by atoms with van der Waals surface area (Å²) < 4.78 is 0. The highest BCUT2D eigenvalue weighted by molar-refractivity contribution is 6.29. The predicted octanol–water partition coefficient (Wildman–Crippen LogP) is 1.76. The van der Waals surface area contributed by atoms with Crippen LogP contribution in [-0.4, -0.2) is 21.5 Å². The normalized spacial score (nSPS) is 10.2. The highest BCUT2D eigenvalue weighted by Crippen LogP contribution is 2.12. The van der Waals surface area contributed by atoms with Crippen LogP contribution in [0.2, 0.25) is 5.15 Å². The van der Waals surface area contributed by atoms with Gasteiger partial charge in [-0.1, -0.05) is 17.7 Å². The molecule has 5 nitrogen and oxygen atoms in total. The van der Waals surface area contributed by atoms with Gasteiger partial charge < -0.3 is 11.1 Å². The van der Waals surface area contributed by atoms with E-state index in [1.54, 1.807) is 12.3 Å². The van der Waals surface area contributed by atoms with E-state index in [9.17, 15) is 0 Å². The molecule has 0 spiro atoms. The maximum atomic E-state index is 5.76. The molecule has 0 atom stereocenters. The molecule has 2 heterocycles. The Morgan fingerprint density at radius 3 is 2.88 bits per heavy atom. The van der Waals surface area contributed by atoms with E-state index in [0.717, 1.165) is 12.1 Å². The van der Waals surface area contributed by atoms with Gasteiger partial charge in [0.1, 0.15) is 11.0 Å². The van der Waals surface area contributed by atoms with Crippen molar-refractivity contribution < 1.29 is 0 Å². The van der Waals surface area contributed by atoms with Gasteiger partial charge in [0.25, 0.3) is 0 Å². The van der Waals surface area contributed by atoms with Crippen LogP contribution in [0.5, 0.6) is 0 Å². The van der Waals surface area contributed by atoms with Gasteiger partial charge in [-0.25, -0.2) is 4.98 Å². The Morgan fingerprint density at radius 2 is 2.18 bits per heavy atom. The van der Waals surface area contributed by atoms with Crippen LogP contribution in [0.1, 0.15) is 5.69 Å². The van der Waals surface area contributed by atoms with Crippen molar-refractivity contribution in [1.82, 2.24) is 15.0 Å². The van der Waals surface area contributed by atoms with Crippen molar-refractivity contribution in [3.63, 3.8) is 0 Å². The van der Waals surface area contributed by atoms with Gasteiger partial charge in [0.15, 0.2) is 0 Å². The minimum absolute atomic E-state index is 0.165. The van der Waals surface area contributed by atoms with E-state index >= 15 is 0 Å². The van der Waals surface area contributed by atoms with Gasteiger partial charge in [0.05, 0.1) is 0 Å². The molecular weight excluding hydrogens is 238 g/mol. The van der Waals surface area contributed by atoms with Crippen LogP contribution in [0.15, 0.2) is 30.5 Å². The molecule has 0 amide bonds. The van der Waals surface area contributed by atoms with Crippen molar-refractivity contribution in [3.05, 3.63) is 41.3 Å². The Morgan fingerprint density at radius 1 is 1.29 bits per heavy atom. The fraction of sp³-hybridized carbons (Fsp3) is 0.182. The second kappa shape index (κ2) is 5.45. The third kappa shape index (κ3) is 3.57. The number of nitrogens with zero attached hydrogens (tertiary/aromatic N) is 3. The number of nitrogens with two attached hydrogens (primary N) is 1. The molecule has 0 unspecified atom stereocenters. The van der Waals surface area contributed by atoms with Gasteiger partial charge in [-0.3, -0.25) is 4.98 Å². The summed E-state index contributed by atoms with van der Waals surface area (Å²) in [5, 5.41) is 3.45. The molecular formula is C11H12ClN5. The smallest absolute Gasteiger partial charge is 0.223 e. The summed E-state index contributed by atoms with van der Waals surface area (Å²) in [6.07, 6.45) is 2.58. The third-order valence-electron chi connectivity index (χ3n) is 2.13. The molecule has 2 aromatic heterocycles. The Balaban J connectivity index is 1.90. The summed E-state index contributed by atoms with van der Waals surface area (Å²) in [4.78, 5) is 12.0. The molecule has 3 N–H and O–H groups in total. The van der Waals surface area contributed by atoms with Crippen LogP contribution < -0.4 is 11.1 Å². The third-order valence-corrected chi connectivity index (χ3v) is 2.32. The number of nitrogens with one attached hydrogen (secondary N) is 1. The number of nitrogen functional groups attached to an aromatic ring is 1. The second-order valence-electron chi connectivity index (χ2n) is 3.43. The van der Waals surface area contributed by atoms with Gasteiger partial charge in [0, 0.05) is 30.9 Å². The van der Waals surface area contributed by atoms with Crippen LogP contribution in [0.3, 0.4) is 0 Å². The highest BCUT2D eigenvalue weighted by Gasteiger charge is 2.00. The first kappa shape index (κ1) is 11.6. The first-order valence-corrected chi connectivity index (χ1v) is 5.55. The SMILES string of the molecule is Nc1nc(Cl)cc(NCCc2ccccn2)n1. The zero-order valence-electron chi connectivity index (χ0n) is 9.10. The Hall–Kier alpha value is -1.88. The van der Waals surface area contributed by atoms with Crippen molar-refractivity contribution in [3.8, 4) is 0 Å². The molecule has 0 aromatic carbocycles. The number of halogens is 1. The monoisotopic (exact) mass is 249 g/mol. The summed E-state index contributed by atoms with van der Waals surface area (Å²) in [6.45, 7) is 0.712. The van der Waals surface area contributed by atoms with Gasteiger partial charge in [-0.05, 0) is 12.1 Å². The maximum absolute atomic E-state index is 5.76. The van der Waals surface area contributed by atoms with Gasteiger partial charge in [-0.15, -0.1) is 0 Å². The molecule has 0 bridgehead atoms. The molecule has 0 aliphatic heterocycles. The number of anilines is 2. The number of hydrogen-bond acceptors (Lipinski definition) is 5. The molecule has 0 saturated heterocycles. The average molecular weight is 250 g/mol. The molecule has 6 heteroatoms. The van der Waals surface area contributed by atoms with Crippen molar-refractivity contribution in [2.45, 2.75) is 6.42 Å². The van der Waals surface area contributed by atoms with Crippen molar-refractivity contribution in [2.24, 2.45) is 0 Å². The zero-order valence-corrected chi connectivity index (χ0v) is 9.85. The number of rotatable bonds is 4. The van der Waals surface area contributed by atoms with E-state index in [0.29, 0.717) is 17.5 Å². The molecule has 2 rings (SSSR count). The summed E-state index contributed by atoms with van der Waals surface area (Å²) in [5.41, 5.74) is 6.50. The standard InChI is InChI=1S/C11H12ClN5/c12-9-7-10(17-11(13)16-9)15-6-4-8-3-1-2-5-14-8/h1-3,5,7H,4,6H2,(H3,13,15,16,17). The quantitative estimate of drug-likeness (QED) is 0.808. The lowest BCUT2D eigenvalue weighted by Gasteiger charge is -2.05. The molecule has 2 aromatic rings. The molecule has 0 aliphatic carbocycles. The van der Waals surface area contributed by atoms with Gasteiger partial charge in [-0.2, -0.15) is 4.98 Å². The van der Waals surface area contributed by atoms with Crippen LogP contribution in [0, 0.1) is 0 Å². The van der Waals surface area contributed by atoms with Gasteiger partial charge >= 0.3 is 0 Å². The van der Waals surface area contributed by atoms with E-state index in [4.69, 9.17) is 17.3 Å². The summed E-state index contributed by atoms with van der Waals surface area (Å²) in [5.74, 6) is 0.788. The predicted molar refractivity (Wildman–Crippen MR) is 67.9 cm³/mol. The molecule has 0 aliphatic rings. The summed E-state index contributed by atoms with van der Waals surface area (Å²) in [7, 11) is 0. The Labute approximate surface area is 104 Å². The fourth-order valence-electron chi connectivity index (χ4n) is 1.39. The van der Waals surface area contributed by atoms with E-state index in [1.165, 1.54) is 0 Å². The maximum Gasteiger partial charge on any atom is 0.223 e. The Kier molecular flexibility index (Phi) is 3.72. The summed E-state index contributed by atoms with van der Waals surface area (Å²) in [6, 6.07) is 7.46. The number of hydrogen-bond donors (Lipinski definition) is 2. The molecule has 0 saturated carbocycles. The van der Waals surface area contributed by atoms with Crippen LogP contribution in [-0.2, 0) is 6.42 Å². The van der Waals surface area contributed by atoms with Crippen molar-refractivity contribution in [2.75, 3.05) is 17.6 Å².